The highest BCUT2D eigenvalue weighted by molar-refractivity contribution is 9.10. The van der Waals surface area contributed by atoms with Gasteiger partial charge in [-0.1, -0.05) is 35.3 Å². The summed E-state index contributed by atoms with van der Waals surface area (Å²) in [5.74, 6) is 0. The van der Waals surface area contributed by atoms with Gasteiger partial charge in [-0.25, -0.2) is 4.79 Å². The molecule has 0 saturated carbocycles. The number of nitrogens with two attached hydrogens (primary N) is 1. The Morgan fingerprint density at radius 3 is 2.52 bits per heavy atom. The molecular formula is C19H31BrN2O3. The molecular weight excluding hydrogens is 384 g/mol. The van der Waals surface area contributed by atoms with Crippen LogP contribution in [0.4, 0.5) is 10.5 Å². The molecule has 25 heavy (non-hydrogen) atoms. The fourth-order valence-electron chi connectivity index (χ4n) is 2.40. The van der Waals surface area contributed by atoms with E-state index >= 15 is 0 Å². The third-order valence-electron chi connectivity index (χ3n) is 3.59. The fourth-order valence-corrected chi connectivity index (χ4v) is 2.78. The van der Waals surface area contributed by atoms with Crippen molar-refractivity contribution in [3.05, 3.63) is 28.2 Å². The minimum absolute atomic E-state index is 0.331. The van der Waals surface area contributed by atoms with E-state index in [0.29, 0.717) is 18.8 Å². The van der Waals surface area contributed by atoms with Crippen LogP contribution >= 0.6 is 15.9 Å². The molecule has 1 rings (SSSR count). The number of carbonyl (C=O) groups is 1. The molecule has 0 saturated heterocycles. The van der Waals surface area contributed by atoms with Gasteiger partial charge in [0, 0.05) is 16.8 Å². The van der Waals surface area contributed by atoms with Crippen molar-refractivity contribution in [1.82, 2.24) is 4.90 Å². The summed E-state index contributed by atoms with van der Waals surface area (Å²) in [6.45, 7) is 10.5. The van der Waals surface area contributed by atoms with Crippen molar-refractivity contribution >= 4 is 27.7 Å². The summed E-state index contributed by atoms with van der Waals surface area (Å²) in [5, 5.41) is 0. The number of nitrogen functional groups attached to an aromatic ring is 1. The summed E-state index contributed by atoms with van der Waals surface area (Å²) < 4.78 is 12.4. The van der Waals surface area contributed by atoms with Gasteiger partial charge in [-0.05, 0) is 58.2 Å². The third-order valence-corrected chi connectivity index (χ3v) is 4.08. The lowest BCUT2D eigenvalue weighted by molar-refractivity contribution is -0.0716. The number of unbranched alkanes of at least 4 members (excludes halogenated alkanes) is 1. The van der Waals surface area contributed by atoms with Gasteiger partial charge in [0.05, 0.1) is 6.54 Å². The molecule has 2 N–H and O–H groups in total. The van der Waals surface area contributed by atoms with E-state index in [9.17, 15) is 4.79 Å². The Kier molecular flexibility index (Phi) is 8.73. The van der Waals surface area contributed by atoms with Gasteiger partial charge in [-0.2, -0.15) is 0 Å². The maximum Gasteiger partial charge on any atom is 0.412 e. The van der Waals surface area contributed by atoms with Gasteiger partial charge in [0.1, 0.15) is 11.8 Å². The van der Waals surface area contributed by atoms with E-state index in [1.54, 1.807) is 4.90 Å². The highest BCUT2D eigenvalue weighted by atomic mass is 79.9. The SMILES string of the molecule is CCCCC(OCC)N(Cc1ccc(Br)cc1N)C(=O)OC(C)(C)C. The Labute approximate surface area is 160 Å². The molecule has 142 valence electrons. The van der Waals surface area contributed by atoms with Crippen LogP contribution in [0.3, 0.4) is 0 Å². The minimum atomic E-state index is -0.567. The first-order valence-corrected chi connectivity index (χ1v) is 9.62. The topological polar surface area (TPSA) is 64.8 Å². The Balaban J connectivity index is 3.08. The van der Waals surface area contributed by atoms with Crippen molar-refractivity contribution in [1.29, 1.82) is 0 Å². The van der Waals surface area contributed by atoms with E-state index in [-0.39, 0.29) is 12.3 Å². The van der Waals surface area contributed by atoms with E-state index < -0.39 is 5.60 Å². The molecule has 0 aliphatic carbocycles. The summed E-state index contributed by atoms with van der Waals surface area (Å²) >= 11 is 3.41. The average molecular weight is 415 g/mol. The molecule has 0 bridgehead atoms. The Morgan fingerprint density at radius 2 is 2.00 bits per heavy atom. The van der Waals surface area contributed by atoms with Crippen LogP contribution in [0, 0.1) is 0 Å². The van der Waals surface area contributed by atoms with Crippen LogP contribution in [0.15, 0.2) is 22.7 Å². The number of ether oxygens (including phenoxy) is 2. The number of benzene rings is 1. The zero-order valence-electron chi connectivity index (χ0n) is 16.0. The molecule has 1 aromatic carbocycles. The fraction of sp³-hybridized carbons (Fsp3) is 0.632. The highest BCUT2D eigenvalue weighted by Gasteiger charge is 2.29. The van der Waals surface area contributed by atoms with Crippen LogP contribution in [-0.4, -0.2) is 29.4 Å². The second-order valence-corrected chi connectivity index (χ2v) is 7.92. The monoisotopic (exact) mass is 414 g/mol. The molecule has 6 heteroatoms. The van der Waals surface area contributed by atoms with Crippen molar-refractivity contribution in [2.45, 2.75) is 72.3 Å². The second kappa shape index (κ2) is 10.0. The molecule has 1 atom stereocenters. The van der Waals surface area contributed by atoms with Crippen LogP contribution in [0.5, 0.6) is 0 Å². The Morgan fingerprint density at radius 1 is 1.32 bits per heavy atom. The number of halogens is 1. The zero-order valence-corrected chi connectivity index (χ0v) is 17.6. The number of nitrogens with zero attached hydrogens (tertiary/aromatic N) is 1. The number of amides is 1. The molecule has 0 aliphatic heterocycles. The van der Waals surface area contributed by atoms with E-state index in [2.05, 4.69) is 22.9 Å². The Bertz CT molecular complexity index is 558. The van der Waals surface area contributed by atoms with E-state index in [0.717, 1.165) is 29.3 Å². The molecule has 0 radical (unpaired) electrons. The van der Waals surface area contributed by atoms with Gasteiger partial charge in [-0.15, -0.1) is 0 Å². The van der Waals surface area contributed by atoms with Gasteiger partial charge in [0.25, 0.3) is 0 Å². The molecule has 1 unspecified atom stereocenters. The summed E-state index contributed by atoms with van der Waals surface area (Å²) in [6, 6.07) is 5.67. The number of carbonyl (C=O) groups excluding carboxylic acids is 1. The summed E-state index contributed by atoms with van der Waals surface area (Å²) in [7, 11) is 0. The summed E-state index contributed by atoms with van der Waals surface area (Å²) in [6.07, 6.45) is 2.05. The molecule has 0 fully saturated rings. The van der Waals surface area contributed by atoms with Crippen molar-refractivity contribution < 1.29 is 14.3 Å². The second-order valence-electron chi connectivity index (χ2n) is 7.00. The van der Waals surface area contributed by atoms with E-state index in [4.69, 9.17) is 15.2 Å². The van der Waals surface area contributed by atoms with Crippen molar-refractivity contribution in [3.63, 3.8) is 0 Å². The van der Waals surface area contributed by atoms with Gasteiger partial charge >= 0.3 is 6.09 Å². The highest BCUT2D eigenvalue weighted by Crippen LogP contribution is 2.24. The zero-order chi connectivity index (χ0) is 19.0. The standard InChI is InChI=1S/C19H31BrN2O3/c1-6-8-9-17(24-7-2)22(18(23)25-19(3,4)5)13-14-10-11-15(20)12-16(14)21/h10-12,17H,6-9,13,21H2,1-5H3. The lowest BCUT2D eigenvalue weighted by Gasteiger charge is -2.33. The predicted molar refractivity (Wildman–Crippen MR) is 105 cm³/mol. The lowest BCUT2D eigenvalue weighted by atomic mass is 10.1. The van der Waals surface area contributed by atoms with E-state index in [1.165, 1.54) is 0 Å². The number of anilines is 1. The molecule has 1 amide bonds. The largest absolute Gasteiger partial charge is 0.444 e. The number of rotatable bonds is 8. The van der Waals surface area contributed by atoms with Gasteiger partial charge in [-0.3, -0.25) is 4.90 Å². The third kappa shape index (κ3) is 7.65. The molecule has 0 aromatic heterocycles. The van der Waals surface area contributed by atoms with Crippen LogP contribution in [0.25, 0.3) is 0 Å². The van der Waals surface area contributed by atoms with Crippen LogP contribution in [-0.2, 0) is 16.0 Å². The van der Waals surface area contributed by atoms with Crippen LogP contribution < -0.4 is 5.73 Å². The first-order chi connectivity index (χ1) is 11.7. The Hall–Kier alpha value is -1.27. The van der Waals surface area contributed by atoms with Gasteiger partial charge < -0.3 is 15.2 Å². The van der Waals surface area contributed by atoms with Gasteiger partial charge in [0.2, 0.25) is 0 Å². The normalized spacial score (nSPS) is 12.7. The van der Waals surface area contributed by atoms with E-state index in [1.807, 2.05) is 45.9 Å². The predicted octanol–water partition coefficient (Wildman–Crippen LogP) is 5.32. The number of hydrogen-bond donors (Lipinski definition) is 1. The smallest absolute Gasteiger partial charge is 0.412 e. The molecule has 5 nitrogen and oxygen atoms in total. The molecule has 0 heterocycles. The maximum atomic E-state index is 12.8. The first-order valence-electron chi connectivity index (χ1n) is 8.83. The van der Waals surface area contributed by atoms with Crippen molar-refractivity contribution in [2.75, 3.05) is 12.3 Å². The average Bonchev–Trinajstić information content (AvgIpc) is 2.49. The molecule has 0 spiro atoms. The number of hydrogen-bond acceptors (Lipinski definition) is 4. The first kappa shape index (κ1) is 21.8. The van der Waals surface area contributed by atoms with Crippen LogP contribution in [0.2, 0.25) is 0 Å². The van der Waals surface area contributed by atoms with Crippen molar-refractivity contribution in [3.8, 4) is 0 Å². The van der Waals surface area contributed by atoms with Crippen LogP contribution in [0.1, 0.15) is 59.4 Å². The summed E-state index contributed by atoms with van der Waals surface area (Å²) in [4.78, 5) is 14.4. The van der Waals surface area contributed by atoms with Gasteiger partial charge in [0.15, 0.2) is 0 Å². The lowest BCUT2D eigenvalue weighted by Crippen LogP contribution is -2.44. The minimum Gasteiger partial charge on any atom is -0.444 e. The maximum absolute atomic E-state index is 12.8. The summed E-state index contributed by atoms with van der Waals surface area (Å²) in [5.41, 5.74) is 7.06. The quantitative estimate of drug-likeness (QED) is 0.461. The molecule has 1 aromatic rings. The van der Waals surface area contributed by atoms with Crippen molar-refractivity contribution in [2.24, 2.45) is 0 Å². The molecule has 0 aliphatic rings.